The molecule has 0 aliphatic carbocycles. The average Bonchev–Trinajstić information content (AvgIpc) is 2.86. The molecule has 0 unspecified atom stereocenters. The molecule has 3 rings (SSSR count). The molecule has 0 amide bonds. The van der Waals surface area contributed by atoms with Crippen LogP contribution in [0.15, 0.2) is 48.5 Å². The highest BCUT2D eigenvalue weighted by atomic mass is 16.4. The predicted molar refractivity (Wildman–Crippen MR) is 87.3 cm³/mol. The van der Waals surface area contributed by atoms with Crippen molar-refractivity contribution in [3.05, 3.63) is 54.1 Å². The molecule has 0 aliphatic rings. The van der Waals surface area contributed by atoms with Gasteiger partial charge in [-0.3, -0.25) is 0 Å². The molecule has 0 fully saturated rings. The van der Waals surface area contributed by atoms with E-state index in [2.05, 4.69) is 25.8 Å². The molecule has 4 heteroatoms. The van der Waals surface area contributed by atoms with Crippen molar-refractivity contribution in [2.45, 2.75) is 26.2 Å². The number of para-hydroxylation sites is 1. The van der Waals surface area contributed by atoms with Gasteiger partial charge in [0.25, 0.3) is 0 Å². The van der Waals surface area contributed by atoms with Crippen LogP contribution in [0.4, 0.5) is 4.79 Å². The summed E-state index contributed by atoms with van der Waals surface area (Å²) < 4.78 is 1.26. The Morgan fingerprint density at radius 1 is 1.05 bits per heavy atom. The van der Waals surface area contributed by atoms with Crippen molar-refractivity contribution in [2.75, 3.05) is 0 Å². The second-order valence-corrected chi connectivity index (χ2v) is 6.34. The number of hydrogen-bond acceptors (Lipinski definition) is 2. The number of rotatable bonds is 1. The Morgan fingerprint density at radius 3 is 2.32 bits per heavy atom. The zero-order valence-electron chi connectivity index (χ0n) is 12.9. The van der Waals surface area contributed by atoms with Crippen LogP contribution < -0.4 is 0 Å². The highest BCUT2D eigenvalue weighted by molar-refractivity contribution is 5.93. The van der Waals surface area contributed by atoms with Crippen LogP contribution in [0.1, 0.15) is 26.3 Å². The molecule has 1 heterocycles. The van der Waals surface area contributed by atoms with Crippen molar-refractivity contribution in [2.24, 2.45) is 0 Å². The van der Waals surface area contributed by atoms with E-state index in [0.29, 0.717) is 11.3 Å². The fourth-order valence-corrected chi connectivity index (χ4v) is 2.68. The number of fused-ring (bicyclic) bond motifs is 1. The molecule has 3 aromatic rings. The fourth-order valence-electron chi connectivity index (χ4n) is 2.68. The second-order valence-electron chi connectivity index (χ2n) is 6.34. The molecule has 1 aromatic heterocycles. The molecule has 0 bridgehead atoms. The molecule has 0 radical (unpaired) electrons. The van der Waals surface area contributed by atoms with Crippen LogP contribution in [-0.2, 0) is 5.41 Å². The van der Waals surface area contributed by atoms with Crippen LogP contribution in [0.3, 0.4) is 0 Å². The Kier molecular flexibility index (Phi) is 3.24. The highest BCUT2D eigenvalue weighted by Crippen LogP contribution is 2.32. The van der Waals surface area contributed by atoms with Crippen LogP contribution in [-0.4, -0.2) is 20.8 Å². The minimum Gasteiger partial charge on any atom is -0.464 e. The minimum absolute atomic E-state index is 0.106. The van der Waals surface area contributed by atoms with Crippen molar-refractivity contribution in [1.82, 2.24) is 9.55 Å². The Hall–Kier alpha value is -2.62. The van der Waals surface area contributed by atoms with Gasteiger partial charge in [-0.15, -0.1) is 0 Å². The zero-order valence-corrected chi connectivity index (χ0v) is 12.9. The van der Waals surface area contributed by atoms with E-state index >= 15 is 0 Å². The Bertz CT molecular complexity index is 843. The summed E-state index contributed by atoms with van der Waals surface area (Å²) in [6.45, 7) is 6.30. The van der Waals surface area contributed by atoms with Gasteiger partial charge in [0.1, 0.15) is 0 Å². The quantitative estimate of drug-likeness (QED) is 0.717. The SMILES string of the molecule is CC(C)(C)c1cccc2c1nc(-c1ccccc1)n2C(=O)O. The van der Waals surface area contributed by atoms with Gasteiger partial charge in [0.2, 0.25) is 0 Å². The monoisotopic (exact) mass is 294 g/mol. The maximum atomic E-state index is 11.8. The first-order valence-electron chi connectivity index (χ1n) is 7.20. The normalized spacial score (nSPS) is 11.8. The zero-order chi connectivity index (χ0) is 15.9. The molecule has 0 spiro atoms. The molecule has 0 atom stereocenters. The van der Waals surface area contributed by atoms with Gasteiger partial charge in [0.15, 0.2) is 5.82 Å². The summed E-state index contributed by atoms with van der Waals surface area (Å²) in [5, 5.41) is 9.63. The first-order chi connectivity index (χ1) is 10.4. The van der Waals surface area contributed by atoms with Crippen molar-refractivity contribution < 1.29 is 9.90 Å². The van der Waals surface area contributed by atoms with Crippen LogP contribution in [0.25, 0.3) is 22.4 Å². The third-order valence-electron chi connectivity index (χ3n) is 3.72. The maximum Gasteiger partial charge on any atom is 0.417 e. The molecule has 0 aliphatic heterocycles. The van der Waals surface area contributed by atoms with E-state index in [9.17, 15) is 9.90 Å². The summed E-state index contributed by atoms with van der Waals surface area (Å²) in [4.78, 5) is 16.4. The van der Waals surface area contributed by atoms with Crippen molar-refractivity contribution >= 4 is 17.1 Å². The van der Waals surface area contributed by atoms with E-state index in [-0.39, 0.29) is 5.41 Å². The van der Waals surface area contributed by atoms with Crippen LogP contribution in [0.2, 0.25) is 0 Å². The predicted octanol–water partition coefficient (Wildman–Crippen LogP) is 4.53. The number of imidazole rings is 1. The van der Waals surface area contributed by atoms with Gasteiger partial charge in [-0.2, -0.15) is 0 Å². The van der Waals surface area contributed by atoms with E-state index in [4.69, 9.17) is 0 Å². The smallest absolute Gasteiger partial charge is 0.417 e. The van der Waals surface area contributed by atoms with Crippen molar-refractivity contribution in [3.8, 4) is 11.4 Å². The second kappa shape index (κ2) is 4.98. The maximum absolute atomic E-state index is 11.8. The van der Waals surface area contributed by atoms with Gasteiger partial charge in [-0.05, 0) is 17.0 Å². The number of benzene rings is 2. The standard InChI is InChI=1S/C18H18N2O2/c1-18(2,3)13-10-7-11-14-15(13)19-16(20(14)17(21)22)12-8-5-4-6-9-12/h4-11H,1-3H3,(H,21,22). The fraction of sp³-hybridized carbons (Fsp3) is 0.222. The van der Waals surface area contributed by atoms with Crippen LogP contribution in [0.5, 0.6) is 0 Å². The lowest BCUT2D eigenvalue weighted by Gasteiger charge is -2.19. The number of hydrogen-bond donors (Lipinski definition) is 1. The molecule has 0 saturated heterocycles. The van der Waals surface area contributed by atoms with E-state index in [0.717, 1.165) is 16.6 Å². The van der Waals surface area contributed by atoms with Crippen molar-refractivity contribution in [3.63, 3.8) is 0 Å². The molecular formula is C18H18N2O2. The van der Waals surface area contributed by atoms with Crippen LogP contribution in [0, 0.1) is 0 Å². The summed E-state index contributed by atoms with van der Waals surface area (Å²) in [5.74, 6) is 0.458. The molecule has 22 heavy (non-hydrogen) atoms. The molecular weight excluding hydrogens is 276 g/mol. The van der Waals surface area contributed by atoms with Crippen molar-refractivity contribution in [1.29, 1.82) is 0 Å². The van der Waals surface area contributed by atoms with Gasteiger partial charge in [0.05, 0.1) is 11.0 Å². The summed E-state index contributed by atoms with van der Waals surface area (Å²) in [6.07, 6.45) is -1.02. The van der Waals surface area contributed by atoms with E-state index in [1.807, 2.05) is 42.5 Å². The molecule has 1 N–H and O–H groups in total. The number of aromatic nitrogens is 2. The van der Waals surface area contributed by atoms with E-state index in [1.165, 1.54) is 4.57 Å². The summed E-state index contributed by atoms with van der Waals surface area (Å²) in [7, 11) is 0. The molecule has 2 aromatic carbocycles. The number of carboxylic acid groups (broad SMARTS) is 1. The minimum atomic E-state index is -1.02. The lowest BCUT2D eigenvalue weighted by atomic mass is 9.86. The van der Waals surface area contributed by atoms with Gasteiger partial charge in [-0.1, -0.05) is 63.2 Å². The summed E-state index contributed by atoms with van der Waals surface area (Å²) in [5.41, 5.74) is 3.10. The average molecular weight is 294 g/mol. The lowest BCUT2D eigenvalue weighted by Crippen LogP contribution is -2.12. The lowest BCUT2D eigenvalue weighted by molar-refractivity contribution is 0.197. The van der Waals surface area contributed by atoms with Gasteiger partial charge in [0, 0.05) is 5.56 Å². The van der Waals surface area contributed by atoms with E-state index < -0.39 is 6.09 Å². The molecule has 112 valence electrons. The topological polar surface area (TPSA) is 55.1 Å². The van der Waals surface area contributed by atoms with Gasteiger partial charge < -0.3 is 5.11 Å². The Balaban J connectivity index is 2.39. The third-order valence-corrected chi connectivity index (χ3v) is 3.72. The molecule has 4 nitrogen and oxygen atoms in total. The number of carbonyl (C=O) groups is 1. The summed E-state index contributed by atoms with van der Waals surface area (Å²) >= 11 is 0. The van der Waals surface area contributed by atoms with E-state index in [1.54, 1.807) is 6.07 Å². The molecule has 0 saturated carbocycles. The van der Waals surface area contributed by atoms with Gasteiger partial charge >= 0.3 is 6.09 Å². The largest absolute Gasteiger partial charge is 0.464 e. The Labute approximate surface area is 129 Å². The van der Waals surface area contributed by atoms with Gasteiger partial charge in [-0.25, -0.2) is 14.3 Å². The number of nitrogens with zero attached hydrogens (tertiary/aromatic N) is 2. The first-order valence-corrected chi connectivity index (χ1v) is 7.20. The highest BCUT2D eigenvalue weighted by Gasteiger charge is 2.23. The summed E-state index contributed by atoms with van der Waals surface area (Å²) in [6, 6.07) is 15.1. The third kappa shape index (κ3) is 2.26. The Morgan fingerprint density at radius 2 is 1.73 bits per heavy atom. The van der Waals surface area contributed by atoms with Crippen LogP contribution >= 0.6 is 0 Å². The first kappa shape index (κ1) is 14.3.